The minimum atomic E-state index is -0.0458. The van der Waals surface area contributed by atoms with E-state index in [1.807, 2.05) is 36.4 Å². The number of fused-ring (bicyclic) bond motifs is 3. The molecule has 170 valence electrons. The average molecular weight is 460 g/mol. The molecule has 0 aliphatic carbocycles. The third-order valence-corrected chi connectivity index (χ3v) is 6.65. The summed E-state index contributed by atoms with van der Waals surface area (Å²) in [7, 11) is 0. The lowest BCUT2D eigenvalue weighted by Gasteiger charge is -2.08. The van der Waals surface area contributed by atoms with Crippen LogP contribution in [-0.2, 0) is 16.1 Å². The highest BCUT2D eigenvalue weighted by Gasteiger charge is 2.11. The summed E-state index contributed by atoms with van der Waals surface area (Å²) >= 11 is 1.47. The second-order valence-corrected chi connectivity index (χ2v) is 9.06. The van der Waals surface area contributed by atoms with E-state index in [1.165, 1.54) is 28.2 Å². The zero-order valence-corrected chi connectivity index (χ0v) is 19.9. The lowest BCUT2D eigenvalue weighted by Crippen LogP contribution is -2.14. The smallest absolute Gasteiger partial charge is 0.234 e. The molecule has 0 atom stereocenters. The van der Waals surface area contributed by atoms with E-state index in [4.69, 9.17) is 0 Å². The van der Waals surface area contributed by atoms with E-state index in [0.29, 0.717) is 12.2 Å². The van der Waals surface area contributed by atoms with E-state index in [1.54, 1.807) is 0 Å². The molecular weight excluding hydrogens is 430 g/mol. The van der Waals surface area contributed by atoms with Crippen molar-refractivity contribution in [2.45, 2.75) is 44.6 Å². The number of unbranched alkanes of at least 4 members (excludes halogenated alkanes) is 1. The van der Waals surface area contributed by atoms with Gasteiger partial charge in [0.15, 0.2) is 0 Å². The first-order valence-electron chi connectivity index (χ1n) is 11.4. The monoisotopic (exact) mass is 459 g/mol. The molecule has 0 fully saturated rings. The highest BCUT2D eigenvalue weighted by Crippen LogP contribution is 2.31. The number of nitrogens with one attached hydrogen (secondary N) is 2. The van der Waals surface area contributed by atoms with Crippen LogP contribution in [0.25, 0.3) is 21.8 Å². The average Bonchev–Trinajstić information content (AvgIpc) is 3.15. The molecule has 1 heterocycles. The molecule has 0 saturated heterocycles. The highest BCUT2D eigenvalue weighted by molar-refractivity contribution is 8.00. The van der Waals surface area contributed by atoms with Crippen LogP contribution >= 0.6 is 11.8 Å². The Morgan fingerprint density at radius 3 is 2.27 bits per heavy atom. The molecule has 2 N–H and O–H groups in total. The molecule has 3 aromatic carbocycles. The number of nitrogens with zero attached hydrogens (tertiary/aromatic N) is 1. The summed E-state index contributed by atoms with van der Waals surface area (Å²) in [6, 6.07) is 22.1. The summed E-state index contributed by atoms with van der Waals surface area (Å²) in [5.74, 6) is 0.308. The van der Waals surface area contributed by atoms with Crippen LogP contribution in [0.15, 0.2) is 71.6 Å². The maximum atomic E-state index is 12.6. The molecule has 6 heteroatoms. The lowest BCUT2D eigenvalue weighted by atomic mass is 10.1. The van der Waals surface area contributed by atoms with Crippen molar-refractivity contribution in [3.05, 3.63) is 66.7 Å². The Labute approximate surface area is 198 Å². The van der Waals surface area contributed by atoms with E-state index in [0.717, 1.165) is 41.0 Å². The van der Waals surface area contributed by atoms with Crippen LogP contribution in [0.1, 0.15) is 33.1 Å². The zero-order chi connectivity index (χ0) is 23.2. The van der Waals surface area contributed by atoms with Gasteiger partial charge in [0.2, 0.25) is 11.8 Å². The topological polar surface area (TPSA) is 63.1 Å². The molecule has 4 aromatic rings. The number of thioether (sulfide) groups is 1. The SMILES string of the molecule is CCCCC(=O)Nc1ccc(SCC(=O)Nc2ccc3c(c2)c2ccccc2n3CC)cc1. The van der Waals surface area contributed by atoms with Crippen molar-refractivity contribution in [3.8, 4) is 0 Å². The van der Waals surface area contributed by atoms with E-state index < -0.39 is 0 Å². The van der Waals surface area contributed by atoms with Gasteiger partial charge in [0.05, 0.1) is 5.75 Å². The van der Waals surface area contributed by atoms with Crippen LogP contribution in [0.4, 0.5) is 11.4 Å². The van der Waals surface area contributed by atoms with Gasteiger partial charge in [-0.3, -0.25) is 9.59 Å². The largest absolute Gasteiger partial charge is 0.341 e. The quantitative estimate of drug-likeness (QED) is 0.275. The molecule has 0 aliphatic heterocycles. The summed E-state index contributed by atoms with van der Waals surface area (Å²) in [4.78, 5) is 25.4. The summed E-state index contributed by atoms with van der Waals surface area (Å²) in [5.41, 5.74) is 3.97. The number of anilines is 2. The van der Waals surface area contributed by atoms with Crippen molar-refractivity contribution in [2.75, 3.05) is 16.4 Å². The maximum absolute atomic E-state index is 12.6. The molecule has 1 aromatic heterocycles. The number of amides is 2. The van der Waals surface area contributed by atoms with Crippen molar-refractivity contribution in [3.63, 3.8) is 0 Å². The second-order valence-electron chi connectivity index (χ2n) is 8.01. The lowest BCUT2D eigenvalue weighted by molar-refractivity contribution is -0.116. The van der Waals surface area contributed by atoms with Crippen LogP contribution in [0.3, 0.4) is 0 Å². The van der Waals surface area contributed by atoms with Gasteiger partial charge in [0.25, 0.3) is 0 Å². The molecule has 0 bridgehead atoms. The molecule has 0 aliphatic rings. The third kappa shape index (κ3) is 5.40. The predicted octanol–water partition coefficient (Wildman–Crippen LogP) is 6.67. The van der Waals surface area contributed by atoms with Crippen molar-refractivity contribution in [2.24, 2.45) is 0 Å². The van der Waals surface area contributed by atoms with Gasteiger partial charge in [-0.05, 0) is 61.9 Å². The third-order valence-electron chi connectivity index (χ3n) is 5.64. The van der Waals surface area contributed by atoms with Crippen LogP contribution in [0.5, 0.6) is 0 Å². The number of carbonyl (C=O) groups is 2. The number of hydrogen-bond acceptors (Lipinski definition) is 3. The van der Waals surface area contributed by atoms with E-state index in [9.17, 15) is 9.59 Å². The van der Waals surface area contributed by atoms with Crippen molar-refractivity contribution >= 4 is 56.8 Å². The molecule has 0 radical (unpaired) electrons. The van der Waals surface area contributed by atoms with Gasteiger partial charge in [0, 0.05) is 51.0 Å². The molecule has 4 rings (SSSR count). The fourth-order valence-corrected chi connectivity index (χ4v) is 4.71. The first kappa shape index (κ1) is 22.9. The Kier molecular flexibility index (Phi) is 7.35. The maximum Gasteiger partial charge on any atom is 0.234 e. The number of carbonyl (C=O) groups excluding carboxylic acids is 2. The standard InChI is InChI=1S/C27H29N3O2S/c1-3-5-10-26(31)28-19-11-14-21(15-12-19)33-18-27(32)29-20-13-16-25-23(17-20)22-8-6-7-9-24(22)30(25)4-2/h6-9,11-17H,3-5,10,18H2,1-2H3,(H,28,31)(H,29,32). The van der Waals surface area contributed by atoms with Gasteiger partial charge in [-0.1, -0.05) is 31.5 Å². The molecular formula is C27H29N3O2S. The Balaban J connectivity index is 1.37. The Morgan fingerprint density at radius 2 is 1.52 bits per heavy atom. The van der Waals surface area contributed by atoms with Crippen molar-refractivity contribution in [1.82, 2.24) is 4.57 Å². The highest BCUT2D eigenvalue weighted by atomic mass is 32.2. The van der Waals surface area contributed by atoms with Gasteiger partial charge in [0.1, 0.15) is 0 Å². The van der Waals surface area contributed by atoms with Gasteiger partial charge in [-0.25, -0.2) is 0 Å². The molecule has 0 unspecified atom stereocenters. The minimum absolute atomic E-state index is 0.0376. The number of hydrogen-bond donors (Lipinski definition) is 2. The molecule has 0 saturated carbocycles. The summed E-state index contributed by atoms with van der Waals surface area (Å²) in [5, 5.41) is 8.28. The Hall–Kier alpha value is -3.25. The van der Waals surface area contributed by atoms with Gasteiger partial charge in [-0.15, -0.1) is 11.8 Å². The zero-order valence-electron chi connectivity index (χ0n) is 19.1. The fraction of sp³-hybridized carbons (Fsp3) is 0.259. The number of rotatable bonds is 9. The normalized spacial score (nSPS) is 11.1. The Bertz CT molecular complexity index is 1280. The molecule has 33 heavy (non-hydrogen) atoms. The van der Waals surface area contributed by atoms with Crippen LogP contribution in [0, 0.1) is 0 Å². The second kappa shape index (κ2) is 10.6. The van der Waals surface area contributed by atoms with E-state index in [-0.39, 0.29) is 11.8 Å². The van der Waals surface area contributed by atoms with Gasteiger partial charge >= 0.3 is 0 Å². The van der Waals surface area contributed by atoms with Crippen molar-refractivity contribution in [1.29, 1.82) is 0 Å². The first-order valence-corrected chi connectivity index (χ1v) is 12.4. The van der Waals surface area contributed by atoms with Gasteiger partial charge in [-0.2, -0.15) is 0 Å². The number of aryl methyl sites for hydroxylation is 1. The summed E-state index contributed by atoms with van der Waals surface area (Å²) in [6.45, 7) is 5.11. The van der Waals surface area contributed by atoms with E-state index in [2.05, 4.69) is 59.4 Å². The molecule has 0 spiro atoms. The summed E-state index contributed by atoms with van der Waals surface area (Å²) < 4.78 is 2.29. The molecule has 2 amide bonds. The first-order chi connectivity index (χ1) is 16.1. The van der Waals surface area contributed by atoms with Crippen LogP contribution < -0.4 is 10.6 Å². The number of aromatic nitrogens is 1. The fourth-order valence-electron chi connectivity index (χ4n) is 4.01. The molecule has 5 nitrogen and oxygen atoms in total. The van der Waals surface area contributed by atoms with Crippen LogP contribution in [-0.4, -0.2) is 22.1 Å². The van der Waals surface area contributed by atoms with Crippen molar-refractivity contribution < 1.29 is 9.59 Å². The number of para-hydroxylation sites is 1. The minimum Gasteiger partial charge on any atom is -0.341 e. The summed E-state index contributed by atoms with van der Waals surface area (Å²) in [6.07, 6.45) is 2.43. The Morgan fingerprint density at radius 1 is 0.818 bits per heavy atom. The van der Waals surface area contributed by atoms with E-state index >= 15 is 0 Å². The van der Waals surface area contributed by atoms with Crippen LogP contribution in [0.2, 0.25) is 0 Å². The van der Waals surface area contributed by atoms with Gasteiger partial charge < -0.3 is 15.2 Å². The number of benzene rings is 3. The predicted molar refractivity (Wildman–Crippen MR) is 139 cm³/mol.